The van der Waals surface area contributed by atoms with Crippen molar-refractivity contribution in [2.75, 3.05) is 17.3 Å². The summed E-state index contributed by atoms with van der Waals surface area (Å²) in [6.45, 7) is 0.284. The fourth-order valence-corrected chi connectivity index (χ4v) is 4.14. The van der Waals surface area contributed by atoms with E-state index in [9.17, 15) is 18.8 Å². The number of carbonyl (C=O) groups excluding carboxylic acids is 3. The van der Waals surface area contributed by atoms with Crippen LogP contribution in [0, 0.1) is 5.82 Å². The van der Waals surface area contributed by atoms with Gasteiger partial charge in [0.05, 0.1) is 24.8 Å². The molecule has 2 amide bonds. The van der Waals surface area contributed by atoms with Gasteiger partial charge in [-0.2, -0.15) is 0 Å². The minimum atomic E-state index is -0.844. The zero-order valence-corrected chi connectivity index (χ0v) is 19.6. The second kappa shape index (κ2) is 10.4. The average Bonchev–Trinajstić information content (AvgIpc) is 3.17. The highest BCUT2D eigenvalue weighted by molar-refractivity contribution is 7.80. The maximum Gasteiger partial charge on any atom is 0.337 e. The molecule has 35 heavy (non-hydrogen) atoms. The van der Waals surface area contributed by atoms with Gasteiger partial charge in [0.1, 0.15) is 11.9 Å². The summed E-state index contributed by atoms with van der Waals surface area (Å²) in [7, 11) is 1.28. The van der Waals surface area contributed by atoms with E-state index in [0.717, 1.165) is 10.5 Å². The first-order valence-corrected chi connectivity index (χ1v) is 11.2. The monoisotopic (exact) mass is 491 g/mol. The molecule has 3 aromatic rings. The average molecular weight is 492 g/mol. The number of imide groups is 1. The summed E-state index contributed by atoms with van der Waals surface area (Å²) < 4.78 is 18.0. The Labute approximate surface area is 207 Å². The number of carbonyl (C=O) groups is 3. The number of amides is 2. The molecule has 1 saturated heterocycles. The summed E-state index contributed by atoms with van der Waals surface area (Å²) in [6, 6.07) is 20.3. The normalized spacial score (nSPS) is 15.1. The Morgan fingerprint density at radius 3 is 2.34 bits per heavy atom. The van der Waals surface area contributed by atoms with E-state index >= 15 is 0 Å². The molecule has 0 aromatic heterocycles. The minimum Gasteiger partial charge on any atom is -0.465 e. The van der Waals surface area contributed by atoms with E-state index < -0.39 is 17.9 Å². The summed E-state index contributed by atoms with van der Waals surface area (Å²) >= 11 is 5.62. The SMILES string of the molecule is COC(=O)c1ccc(N2C(=O)C[C@@H](N(Cc3ccccc3)C(=S)Nc3ccc(F)cc3)C2=O)cc1. The third kappa shape index (κ3) is 5.36. The van der Waals surface area contributed by atoms with Crippen molar-refractivity contribution in [2.24, 2.45) is 0 Å². The van der Waals surface area contributed by atoms with Crippen molar-refractivity contribution in [3.05, 3.63) is 95.8 Å². The largest absolute Gasteiger partial charge is 0.465 e. The number of hydrogen-bond acceptors (Lipinski definition) is 5. The molecule has 0 spiro atoms. The van der Waals surface area contributed by atoms with Crippen LogP contribution < -0.4 is 10.2 Å². The summed E-state index contributed by atoms with van der Waals surface area (Å²) in [5.74, 6) is -1.71. The lowest BCUT2D eigenvalue weighted by atomic mass is 10.1. The number of nitrogens with zero attached hydrogens (tertiary/aromatic N) is 2. The number of halogens is 1. The summed E-state index contributed by atoms with van der Waals surface area (Å²) in [4.78, 5) is 40.9. The number of anilines is 2. The fourth-order valence-electron chi connectivity index (χ4n) is 3.83. The standard InChI is InChI=1S/C26H22FN3O4S/c1-34-25(33)18-7-13-21(14-8-18)30-23(31)15-22(24(30)32)29(16-17-5-3-2-4-6-17)26(35)28-20-11-9-19(27)10-12-20/h2-14,22H,15-16H2,1H3,(H,28,35)/t22-/m1/s1. The van der Waals surface area contributed by atoms with E-state index in [1.54, 1.807) is 17.0 Å². The van der Waals surface area contributed by atoms with Crippen molar-refractivity contribution in [3.8, 4) is 0 Å². The molecule has 0 bridgehead atoms. The van der Waals surface area contributed by atoms with Gasteiger partial charge < -0.3 is 15.0 Å². The topological polar surface area (TPSA) is 79.0 Å². The third-order valence-electron chi connectivity index (χ3n) is 5.60. The molecule has 1 atom stereocenters. The first kappa shape index (κ1) is 24.0. The highest BCUT2D eigenvalue weighted by Crippen LogP contribution is 2.28. The summed E-state index contributed by atoms with van der Waals surface area (Å²) in [6.07, 6.45) is -0.0738. The van der Waals surface area contributed by atoms with Gasteiger partial charge in [-0.25, -0.2) is 14.1 Å². The Kier molecular flexibility index (Phi) is 7.17. The molecule has 1 N–H and O–H groups in total. The number of nitrogens with one attached hydrogen (secondary N) is 1. The second-order valence-electron chi connectivity index (χ2n) is 7.88. The van der Waals surface area contributed by atoms with Crippen molar-refractivity contribution < 1.29 is 23.5 Å². The van der Waals surface area contributed by atoms with Gasteiger partial charge in [0, 0.05) is 12.2 Å². The lowest BCUT2D eigenvalue weighted by Gasteiger charge is -2.30. The van der Waals surface area contributed by atoms with Crippen molar-refractivity contribution in [2.45, 2.75) is 19.0 Å². The predicted molar refractivity (Wildman–Crippen MR) is 133 cm³/mol. The zero-order chi connectivity index (χ0) is 24.9. The van der Waals surface area contributed by atoms with Gasteiger partial charge in [-0.05, 0) is 66.3 Å². The number of hydrogen-bond donors (Lipinski definition) is 1. The first-order valence-electron chi connectivity index (χ1n) is 10.8. The van der Waals surface area contributed by atoms with Crippen LogP contribution in [0.4, 0.5) is 15.8 Å². The first-order chi connectivity index (χ1) is 16.9. The molecule has 3 aromatic carbocycles. The van der Waals surface area contributed by atoms with Crippen molar-refractivity contribution in [1.82, 2.24) is 4.90 Å². The van der Waals surface area contributed by atoms with Crippen LogP contribution >= 0.6 is 12.2 Å². The van der Waals surface area contributed by atoms with Crippen LogP contribution in [0.3, 0.4) is 0 Å². The summed E-state index contributed by atoms with van der Waals surface area (Å²) in [5, 5.41) is 3.27. The van der Waals surface area contributed by atoms with E-state index in [2.05, 4.69) is 5.32 Å². The predicted octanol–water partition coefficient (Wildman–Crippen LogP) is 4.14. The maximum atomic E-state index is 13.5. The van der Waals surface area contributed by atoms with Crippen molar-refractivity contribution in [3.63, 3.8) is 0 Å². The number of ether oxygens (including phenoxy) is 1. The van der Waals surface area contributed by atoms with E-state index in [1.165, 1.54) is 43.5 Å². The Morgan fingerprint density at radius 1 is 1.06 bits per heavy atom. The molecule has 9 heteroatoms. The second-order valence-corrected chi connectivity index (χ2v) is 8.26. The molecular weight excluding hydrogens is 469 g/mol. The van der Waals surface area contributed by atoms with Crippen molar-refractivity contribution in [1.29, 1.82) is 0 Å². The molecule has 0 radical (unpaired) electrons. The Morgan fingerprint density at radius 2 is 1.71 bits per heavy atom. The van der Waals surface area contributed by atoms with Crippen LogP contribution in [0.25, 0.3) is 0 Å². The quantitative estimate of drug-likeness (QED) is 0.315. The third-order valence-corrected chi connectivity index (χ3v) is 5.93. The van der Waals surface area contributed by atoms with E-state index in [0.29, 0.717) is 16.9 Å². The minimum absolute atomic E-state index is 0.0738. The number of esters is 1. The van der Waals surface area contributed by atoms with Crippen LogP contribution in [-0.2, 0) is 20.9 Å². The molecule has 1 fully saturated rings. The lowest BCUT2D eigenvalue weighted by molar-refractivity contribution is -0.122. The zero-order valence-electron chi connectivity index (χ0n) is 18.8. The van der Waals surface area contributed by atoms with E-state index in [-0.39, 0.29) is 29.8 Å². The van der Waals surface area contributed by atoms with Gasteiger partial charge in [-0.15, -0.1) is 0 Å². The molecule has 178 valence electrons. The van der Waals surface area contributed by atoms with Gasteiger partial charge >= 0.3 is 5.97 Å². The smallest absolute Gasteiger partial charge is 0.337 e. The van der Waals surface area contributed by atoms with Crippen LogP contribution in [0.2, 0.25) is 0 Å². The van der Waals surface area contributed by atoms with Gasteiger partial charge in [-0.3, -0.25) is 9.59 Å². The lowest BCUT2D eigenvalue weighted by Crippen LogP contribution is -2.46. The number of methoxy groups -OCH3 is 1. The number of rotatable bonds is 6. The van der Waals surface area contributed by atoms with E-state index in [4.69, 9.17) is 17.0 Å². The Balaban J connectivity index is 1.60. The van der Waals surface area contributed by atoms with Gasteiger partial charge in [0.15, 0.2) is 5.11 Å². The molecule has 1 heterocycles. The Bertz CT molecular complexity index is 1250. The van der Waals surface area contributed by atoms with Gasteiger partial charge in [0.25, 0.3) is 5.91 Å². The fraction of sp³-hybridized carbons (Fsp3) is 0.154. The van der Waals surface area contributed by atoms with Crippen molar-refractivity contribution >= 4 is 46.5 Å². The Hall–Kier alpha value is -4.11. The number of benzene rings is 3. The molecule has 1 aliphatic heterocycles. The summed E-state index contributed by atoms with van der Waals surface area (Å²) in [5.41, 5.74) is 2.12. The van der Waals surface area contributed by atoms with Crippen LogP contribution in [0.1, 0.15) is 22.3 Å². The molecule has 0 saturated carbocycles. The van der Waals surface area contributed by atoms with E-state index in [1.807, 2.05) is 30.3 Å². The molecule has 0 unspecified atom stereocenters. The van der Waals surface area contributed by atoms with Crippen LogP contribution in [0.15, 0.2) is 78.9 Å². The molecule has 1 aliphatic rings. The number of thiocarbonyl (C=S) groups is 1. The molecular formula is C26H22FN3O4S. The van der Waals surface area contributed by atoms with Gasteiger partial charge in [0.2, 0.25) is 5.91 Å². The molecule has 0 aliphatic carbocycles. The molecule has 7 nitrogen and oxygen atoms in total. The highest BCUT2D eigenvalue weighted by atomic mass is 32.1. The van der Waals surface area contributed by atoms with Gasteiger partial charge in [-0.1, -0.05) is 30.3 Å². The van der Waals surface area contributed by atoms with Crippen LogP contribution in [-0.4, -0.2) is 40.9 Å². The van der Waals surface area contributed by atoms with Crippen LogP contribution in [0.5, 0.6) is 0 Å². The highest BCUT2D eigenvalue weighted by Gasteiger charge is 2.43. The maximum absolute atomic E-state index is 13.5. The molecule has 4 rings (SSSR count).